The Bertz CT molecular complexity index is 733. The lowest BCUT2D eigenvalue weighted by atomic mass is 10.1. The molecule has 0 unspecified atom stereocenters. The minimum Gasteiger partial charge on any atom is -0.332 e. The molecule has 0 saturated carbocycles. The summed E-state index contributed by atoms with van der Waals surface area (Å²) in [6, 6.07) is -0.0901. The lowest BCUT2D eigenvalue weighted by Crippen LogP contribution is -2.41. The molecule has 0 aromatic carbocycles. The summed E-state index contributed by atoms with van der Waals surface area (Å²) in [5, 5.41) is 14.8. The number of hydrogen-bond donors (Lipinski definition) is 2. The Morgan fingerprint density at radius 1 is 1.40 bits per heavy atom. The first kappa shape index (κ1) is 17.4. The molecule has 0 bridgehead atoms. The van der Waals surface area contributed by atoms with Gasteiger partial charge in [-0.3, -0.25) is 4.68 Å². The molecule has 1 aliphatic rings. The molecule has 0 saturated heterocycles. The van der Waals surface area contributed by atoms with Crippen molar-refractivity contribution >= 4 is 6.03 Å². The van der Waals surface area contributed by atoms with Crippen LogP contribution in [0.15, 0.2) is 12.4 Å². The van der Waals surface area contributed by atoms with Gasteiger partial charge in [0.15, 0.2) is 5.82 Å². The second-order valence-corrected chi connectivity index (χ2v) is 6.84. The highest BCUT2D eigenvalue weighted by Gasteiger charge is 2.26. The van der Waals surface area contributed by atoms with Crippen molar-refractivity contribution in [3.63, 3.8) is 0 Å². The third kappa shape index (κ3) is 3.83. The molecule has 2 N–H and O–H groups in total. The fraction of sp³-hybridized carbons (Fsp3) is 0.647. The molecule has 8 nitrogen and oxygen atoms in total. The summed E-state index contributed by atoms with van der Waals surface area (Å²) in [4.78, 5) is 17.0. The summed E-state index contributed by atoms with van der Waals surface area (Å²) < 4.78 is 3.81. The highest BCUT2D eigenvalue weighted by molar-refractivity contribution is 5.74. The molecular formula is C17H27N7O. The largest absolute Gasteiger partial charge is 0.332 e. The van der Waals surface area contributed by atoms with Crippen molar-refractivity contribution < 1.29 is 4.79 Å². The van der Waals surface area contributed by atoms with Crippen LogP contribution in [0.4, 0.5) is 4.79 Å². The molecule has 2 aromatic heterocycles. The van der Waals surface area contributed by atoms with Crippen LogP contribution < -0.4 is 10.6 Å². The van der Waals surface area contributed by atoms with Gasteiger partial charge in [-0.2, -0.15) is 10.2 Å². The number of nitrogens with one attached hydrogen (secondary N) is 2. The van der Waals surface area contributed by atoms with Crippen LogP contribution in [0.1, 0.15) is 75.9 Å². The maximum atomic E-state index is 12.4. The van der Waals surface area contributed by atoms with Crippen LogP contribution in [0.3, 0.4) is 0 Å². The zero-order valence-corrected chi connectivity index (χ0v) is 15.4. The van der Waals surface area contributed by atoms with E-state index in [0.717, 1.165) is 43.0 Å². The molecule has 3 heterocycles. The zero-order chi connectivity index (χ0) is 18.0. The van der Waals surface area contributed by atoms with Crippen molar-refractivity contribution in [3.05, 3.63) is 29.6 Å². The molecular weight excluding hydrogens is 318 g/mol. The number of amides is 2. The van der Waals surface area contributed by atoms with Gasteiger partial charge < -0.3 is 10.6 Å². The van der Waals surface area contributed by atoms with E-state index in [1.54, 1.807) is 6.20 Å². The third-order valence-corrected chi connectivity index (χ3v) is 4.54. The number of hydrogen-bond acceptors (Lipinski definition) is 4. The molecule has 2 amide bonds. The molecule has 2 aromatic rings. The summed E-state index contributed by atoms with van der Waals surface area (Å²) in [5.74, 6) is 1.69. The Balaban J connectivity index is 1.62. The first-order valence-corrected chi connectivity index (χ1v) is 9.02. The maximum Gasteiger partial charge on any atom is 0.315 e. The van der Waals surface area contributed by atoms with Gasteiger partial charge in [0.25, 0.3) is 0 Å². The Labute approximate surface area is 148 Å². The van der Waals surface area contributed by atoms with Crippen LogP contribution in [-0.2, 0) is 13.0 Å². The van der Waals surface area contributed by atoms with Crippen LogP contribution >= 0.6 is 0 Å². The summed E-state index contributed by atoms with van der Waals surface area (Å²) in [5.41, 5.74) is 0.990. The van der Waals surface area contributed by atoms with Crippen LogP contribution in [0.5, 0.6) is 0 Å². The number of aryl methyl sites for hydroxylation is 2. The molecule has 136 valence electrons. The van der Waals surface area contributed by atoms with Crippen LogP contribution in [0.2, 0.25) is 0 Å². The van der Waals surface area contributed by atoms with E-state index in [2.05, 4.69) is 39.7 Å². The van der Waals surface area contributed by atoms with E-state index in [0.29, 0.717) is 6.04 Å². The molecule has 25 heavy (non-hydrogen) atoms. The van der Waals surface area contributed by atoms with Crippen LogP contribution in [0.25, 0.3) is 0 Å². The van der Waals surface area contributed by atoms with Crippen LogP contribution in [-0.4, -0.2) is 30.6 Å². The van der Waals surface area contributed by atoms with Crippen molar-refractivity contribution in [2.75, 3.05) is 0 Å². The normalized spacial score (nSPS) is 18.0. The first-order chi connectivity index (χ1) is 12.0. The monoisotopic (exact) mass is 345 g/mol. The maximum absolute atomic E-state index is 12.4. The number of carbonyl (C=O) groups is 1. The summed E-state index contributed by atoms with van der Waals surface area (Å²) in [6.07, 6.45) is 6.45. The van der Waals surface area contributed by atoms with E-state index in [4.69, 9.17) is 0 Å². The third-order valence-electron chi connectivity index (χ3n) is 4.54. The van der Waals surface area contributed by atoms with E-state index < -0.39 is 0 Å². The van der Waals surface area contributed by atoms with Gasteiger partial charge in [0, 0.05) is 30.8 Å². The highest BCUT2D eigenvalue weighted by atomic mass is 16.2. The van der Waals surface area contributed by atoms with Gasteiger partial charge in [-0.1, -0.05) is 6.92 Å². The number of urea groups is 1. The summed E-state index contributed by atoms with van der Waals surface area (Å²) >= 11 is 0. The fourth-order valence-electron chi connectivity index (χ4n) is 3.02. The standard InChI is InChI=1S/C17H27N7O/c1-5-15-21-16-14(7-6-8-23(16)22-15)20-17(25)19-12(4)13-9-18-24(10-13)11(2)3/h9-12,14H,5-8H2,1-4H3,(H2,19,20,25)/t12-,14+/m1/s1. The topological polar surface area (TPSA) is 89.7 Å². The SMILES string of the molecule is CCc1nc2n(n1)CCC[C@@H]2NC(=O)N[C@H](C)c1cnn(C(C)C)c1. The summed E-state index contributed by atoms with van der Waals surface area (Å²) in [7, 11) is 0. The number of nitrogens with zero attached hydrogens (tertiary/aromatic N) is 5. The molecule has 3 rings (SSSR count). The fourth-order valence-corrected chi connectivity index (χ4v) is 3.02. The molecule has 0 aliphatic carbocycles. The van der Waals surface area contributed by atoms with E-state index in [-0.39, 0.29) is 18.1 Å². The molecule has 8 heteroatoms. The minimum atomic E-state index is -0.190. The first-order valence-electron chi connectivity index (χ1n) is 9.02. The number of carbonyl (C=O) groups excluding carboxylic acids is 1. The van der Waals surface area contributed by atoms with Gasteiger partial charge in [-0.05, 0) is 33.6 Å². The van der Waals surface area contributed by atoms with Crippen molar-refractivity contribution in [1.82, 2.24) is 35.2 Å². The Hall–Kier alpha value is -2.38. The Morgan fingerprint density at radius 2 is 2.20 bits per heavy atom. The number of fused-ring (bicyclic) bond motifs is 1. The lowest BCUT2D eigenvalue weighted by Gasteiger charge is -2.24. The van der Waals surface area contributed by atoms with Gasteiger partial charge >= 0.3 is 6.03 Å². The predicted molar refractivity (Wildman–Crippen MR) is 94.1 cm³/mol. The average Bonchev–Trinajstić information content (AvgIpc) is 3.22. The number of rotatable bonds is 5. The minimum absolute atomic E-state index is 0.0906. The molecule has 0 spiro atoms. The second-order valence-electron chi connectivity index (χ2n) is 6.84. The Morgan fingerprint density at radius 3 is 2.88 bits per heavy atom. The van der Waals surface area contributed by atoms with Gasteiger partial charge in [0.1, 0.15) is 5.82 Å². The predicted octanol–water partition coefficient (Wildman–Crippen LogP) is 2.51. The second kappa shape index (κ2) is 7.25. The van der Waals surface area contributed by atoms with Crippen LogP contribution in [0, 0.1) is 0 Å². The van der Waals surface area contributed by atoms with E-state index in [1.165, 1.54) is 0 Å². The average molecular weight is 345 g/mol. The van der Waals surface area contributed by atoms with E-state index in [1.807, 2.05) is 29.4 Å². The van der Waals surface area contributed by atoms with Gasteiger partial charge in [-0.25, -0.2) is 14.5 Å². The van der Waals surface area contributed by atoms with E-state index >= 15 is 0 Å². The van der Waals surface area contributed by atoms with Gasteiger partial charge in [0.2, 0.25) is 0 Å². The quantitative estimate of drug-likeness (QED) is 0.871. The van der Waals surface area contributed by atoms with Crippen molar-refractivity contribution in [2.24, 2.45) is 0 Å². The van der Waals surface area contributed by atoms with Crippen molar-refractivity contribution in [2.45, 2.75) is 71.6 Å². The van der Waals surface area contributed by atoms with Crippen molar-refractivity contribution in [1.29, 1.82) is 0 Å². The van der Waals surface area contributed by atoms with Gasteiger partial charge in [0.05, 0.1) is 18.3 Å². The highest BCUT2D eigenvalue weighted by Crippen LogP contribution is 2.23. The van der Waals surface area contributed by atoms with Crippen molar-refractivity contribution in [3.8, 4) is 0 Å². The smallest absolute Gasteiger partial charge is 0.315 e. The zero-order valence-electron chi connectivity index (χ0n) is 15.4. The van der Waals surface area contributed by atoms with E-state index in [9.17, 15) is 4.79 Å². The summed E-state index contributed by atoms with van der Waals surface area (Å²) in [6.45, 7) is 9.01. The molecule has 2 atom stereocenters. The molecule has 0 fully saturated rings. The Kier molecular flexibility index (Phi) is 5.06. The molecule has 1 aliphatic heterocycles. The van der Waals surface area contributed by atoms with Gasteiger partial charge in [-0.15, -0.1) is 0 Å². The molecule has 0 radical (unpaired) electrons. The number of aromatic nitrogens is 5. The lowest BCUT2D eigenvalue weighted by molar-refractivity contribution is 0.229.